The maximum Gasteiger partial charge on any atom is 0.0783 e. The number of hydrogen-bond donors (Lipinski definition) is 1. The van der Waals surface area contributed by atoms with E-state index in [1.54, 1.807) is 0 Å². The second-order valence-corrected chi connectivity index (χ2v) is 6.05. The minimum Gasteiger partial charge on any atom is -0.393 e. The molecule has 3 atom stereocenters. The fourth-order valence-corrected chi connectivity index (χ4v) is 4.17. The summed E-state index contributed by atoms with van der Waals surface area (Å²) in [5.74, 6) is 2.86. The summed E-state index contributed by atoms with van der Waals surface area (Å²) in [6.45, 7) is 3.00. The Kier molecular flexibility index (Phi) is 3.97. The van der Waals surface area contributed by atoms with Crippen LogP contribution in [0, 0.1) is 5.92 Å². The van der Waals surface area contributed by atoms with Gasteiger partial charge in [0.1, 0.15) is 0 Å². The number of hydrogen-bond acceptors (Lipinski definition) is 3. The minimum absolute atomic E-state index is 0.0959. The van der Waals surface area contributed by atoms with E-state index in [2.05, 4.69) is 6.92 Å². The van der Waals surface area contributed by atoms with Gasteiger partial charge in [-0.3, -0.25) is 0 Å². The molecule has 3 unspecified atom stereocenters. The van der Waals surface area contributed by atoms with Gasteiger partial charge in [0.15, 0.2) is 0 Å². The van der Waals surface area contributed by atoms with Crippen molar-refractivity contribution in [3.63, 3.8) is 0 Å². The lowest BCUT2D eigenvalue weighted by Crippen LogP contribution is -2.43. The zero-order valence-corrected chi connectivity index (χ0v) is 10.4. The molecule has 1 spiro atoms. The highest BCUT2D eigenvalue weighted by molar-refractivity contribution is 7.99. The van der Waals surface area contributed by atoms with Crippen molar-refractivity contribution < 1.29 is 9.84 Å². The maximum atomic E-state index is 10.1. The van der Waals surface area contributed by atoms with Crippen molar-refractivity contribution in [2.75, 3.05) is 18.1 Å². The lowest BCUT2D eigenvalue weighted by atomic mass is 9.81. The second kappa shape index (κ2) is 5.07. The average molecular weight is 230 g/mol. The van der Waals surface area contributed by atoms with Crippen LogP contribution in [0.15, 0.2) is 0 Å². The van der Waals surface area contributed by atoms with Crippen LogP contribution in [0.4, 0.5) is 0 Å². The van der Waals surface area contributed by atoms with E-state index in [0.29, 0.717) is 5.92 Å². The van der Waals surface area contributed by atoms with E-state index in [4.69, 9.17) is 4.74 Å². The Bertz CT molecular complexity index is 202. The highest BCUT2D eigenvalue weighted by atomic mass is 32.2. The molecule has 0 aromatic heterocycles. The van der Waals surface area contributed by atoms with Gasteiger partial charge in [-0.1, -0.05) is 13.3 Å². The van der Waals surface area contributed by atoms with Crippen LogP contribution in [0.25, 0.3) is 0 Å². The third-order valence-corrected chi connectivity index (χ3v) is 4.95. The first-order valence-electron chi connectivity index (χ1n) is 6.15. The lowest BCUT2D eigenvalue weighted by Gasteiger charge is -2.39. The van der Waals surface area contributed by atoms with Crippen LogP contribution in [0.3, 0.4) is 0 Å². The van der Waals surface area contributed by atoms with Gasteiger partial charge >= 0.3 is 0 Å². The molecule has 0 radical (unpaired) electrons. The summed E-state index contributed by atoms with van der Waals surface area (Å²) in [5, 5.41) is 10.1. The van der Waals surface area contributed by atoms with Gasteiger partial charge in [-0.25, -0.2) is 0 Å². The summed E-state index contributed by atoms with van der Waals surface area (Å²) in [7, 11) is 0. The Labute approximate surface area is 96.8 Å². The zero-order valence-electron chi connectivity index (χ0n) is 9.58. The summed E-state index contributed by atoms with van der Waals surface area (Å²) in [6.07, 6.45) is 5.26. The predicted molar refractivity (Wildman–Crippen MR) is 64.3 cm³/mol. The molecule has 3 heteroatoms. The molecule has 0 bridgehead atoms. The van der Waals surface area contributed by atoms with Gasteiger partial charge in [0.05, 0.1) is 11.7 Å². The first-order valence-corrected chi connectivity index (χ1v) is 7.31. The first-order chi connectivity index (χ1) is 7.26. The molecule has 2 rings (SSSR count). The molecule has 2 heterocycles. The van der Waals surface area contributed by atoms with Crippen molar-refractivity contribution in [3.05, 3.63) is 0 Å². The van der Waals surface area contributed by atoms with E-state index < -0.39 is 0 Å². The Hall–Kier alpha value is 0.270. The number of rotatable bonds is 3. The molecule has 1 N–H and O–H groups in total. The fourth-order valence-electron chi connectivity index (χ4n) is 2.79. The van der Waals surface area contributed by atoms with Crippen LogP contribution in [0.2, 0.25) is 0 Å². The summed E-state index contributed by atoms with van der Waals surface area (Å²) < 4.78 is 5.95. The van der Waals surface area contributed by atoms with Crippen molar-refractivity contribution in [2.45, 2.75) is 50.7 Å². The molecule has 88 valence electrons. The van der Waals surface area contributed by atoms with Gasteiger partial charge in [0.25, 0.3) is 0 Å². The molecular weight excluding hydrogens is 208 g/mol. The molecule has 0 aromatic carbocycles. The van der Waals surface area contributed by atoms with Crippen molar-refractivity contribution >= 4 is 11.8 Å². The first kappa shape index (κ1) is 11.7. The zero-order chi connectivity index (χ0) is 10.7. The summed E-state index contributed by atoms with van der Waals surface area (Å²) >= 11 is 2.00. The molecule has 0 aromatic rings. The number of aliphatic hydroxyl groups excluding tert-OH is 1. The smallest absolute Gasteiger partial charge is 0.0783 e. The van der Waals surface area contributed by atoms with Gasteiger partial charge in [0.2, 0.25) is 0 Å². The predicted octanol–water partition coefficient (Wildman–Crippen LogP) is 2.45. The van der Waals surface area contributed by atoms with Crippen LogP contribution >= 0.6 is 11.8 Å². The van der Waals surface area contributed by atoms with E-state index in [-0.39, 0.29) is 11.7 Å². The van der Waals surface area contributed by atoms with Crippen LogP contribution in [-0.2, 0) is 4.74 Å². The Morgan fingerprint density at radius 2 is 2.47 bits per heavy atom. The van der Waals surface area contributed by atoms with Crippen LogP contribution in [-0.4, -0.2) is 34.9 Å². The SMILES string of the molecule is CCCC(O)C1CCOC2(CCSC2)C1. The maximum absolute atomic E-state index is 10.1. The van der Waals surface area contributed by atoms with E-state index >= 15 is 0 Å². The number of ether oxygens (including phenoxy) is 1. The van der Waals surface area contributed by atoms with Gasteiger partial charge in [0, 0.05) is 12.4 Å². The van der Waals surface area contributed by atoms with Crippen molar-refractivity contribution in [1.82, 2.24) is 0 Å². The van der Waals surface area contributed by atoms with E-state index in [1.807, 2.05) is 11.8 Å². The standard InChI is InChI=1S/C12H22O2S/c1-2-3-11(13)10-4-6-14-12(8-10)5-7-15-9-12/h10-11,13H,2-9H2,1H3. The van der Waals surface area contributed by atoms with Crippen LogP contribution < -0.4 is 0 Å². The highest BCUT2D eigenvalue weighted by Gasteiger charge is 2.41. The Morgan fingerprint density at radius 3 is 3.13 bits per heavy atom. The molecule has 15 heavy (non-hydrogen) atoms. The Balaban J connectivity index is 1.91. The summed E-state index contributed by atoms with van der Waals surface area (Å²) in [5.41, 5.74) is 0.127. The monoisotopic (exact) mass is 230 g/mol. The number of aliphatic hydroxyl groups is 1. The average Bonchev–Trinajstić information content (AvgIpc) is 2.67. The van der Waals surface area contributed by atoms with Gasteiger partial charge < -0.3 is 9.84 Å². The Morgan fingerprint density at radius 1 is 1.60 bits per heavy atom. The molecule has 0 aliphatic carbocycles. The molecule has 2 aliphatic rings. The van der Waals surface area contributed by atoms with Crippen LogP contribution in [0.5, 0.6) is 0 Å². The van der Waals surface area contributed by atoms with Gasteiger partial charge in [-0.15, -0.1) is 0 Å². The van der Waals surface area contributed by atoms with Gasteiger partial charge in [-0.05, 0) is 37.4 Å². The number of thioether (sulfide) groups is 1. The normalized spacial score (nSPS) is 38.4. The largest absolute Gasteiger partial charge is 0.393 e. The molecule has 2 nitrogen and oxygen atoms in total. The molecule has 0 saturated carbocycles. The van der Waals surface area contributed by atoms with Crippen LogP contribution in [0.1, 0.15) is 39.0 Å². The molecular formula is C12H22O2S. The van der Waals surface area contributed by atoms with E-state index in [1.165, 1.54) is 12.2 Å². The molecule has 0 amide bonds. The van der Waals surface area contributed by atoms with E-state index in [9.17, 15) is 5.11 Å². The highest BCUT2D eigenvalue weighted by Crippen LogP contribution is 2.41. The van der Waals surface area contributed by atoms with Gasteiger partial charge in [-0.2, -0.15) is 11.8 Å². The molecule has 2 fully saturated rings. The van der Waals surface area contributed by atoms with Crippen molar-refractivity contribution in [2.24, 2.45) is 5.92 Å². The third kappa shape index (κ3) is 2.69. The topological polar surface area (TPSA) is 29.5 Å². The minimum atomic E-state index is -0.0959. The lowest BCUT2D eigenvalue weighted by molar-refractivity contribution is -0.102. The second-order valence-electron chi connectivity index (χ2n) is 4.94. The van der Waals surface area contributed by atoms with Crippen molar-refractivity contribution in [3.8, 4) is 0 Å². The molecule has 2 aliphatic heterocycles. The fraction of sp³-hybridized carbons (Fsp3) is 1.00. The molecule has 2 saturated heterocycles. The quantitative estimate of drug-likeness (QED) is 0.807. The van der Waals surface area contributed by atoms with Crippen molar-refractivity contribution in [1.29, 1.82) is 0 Å². The summed E-state index contributed by atoms with van der Waals surface area (Å²) in [6, 6.07) is 0. The third-order valence-electron chi connectivity index (χ3n) is 3.73. The van der Waals surface area contributed by atoms with E-state index in [0.717, 1.165) is 38.0 Å². The summed E-state index contributed by atoms with van der Waals surface area (Å²) in [4.78, 5) is 0.